The first-order chi connectivity index (χ1) is 24.1. The van der Waals surface area contributed by atoms with Crippen molar-refractivity contribution in [1.29, 1.82) is 0 Å². The van der Waals surface area contributed by atoms with Crippen molar-refractivity contribution in [3.8, 4) is 35.4 Å². The van der Waals surface area contributed by atoms with Gasteiger partial charge in [0.1, 0.15) is 34.2 Å². The largest absolute Gasteiger partial charge is 0.508 e. The first-order valence-corrected chi connectivity index (χ1v) is 17.4. The van der Waals surface area contributed by atoms with Crippen LogP contribution in [0.1, 0.15) is 44.6 Å². The molecule has 4 fully saturated rings. The van der Waals surface area contributed by atoms with Gasteiger partial charge in [-0.15, -0.1) is 6.42 Å². The number of hydrogen-bond donors (Lipinski definition) is 2. The normalized spacial score (nSPS) is 26.1. The molecule has 2 aromatic heterocycles. The molecule has 4 aliphatic rings. The highest BCUT2D eigenvalue weighted by molar-refractivity contribution is 6.03. The highest BCUT2D eigenvalue weighted by Crippen LogP contribution is 2.48. The molecule has 262 valence electrons. The Labute approximate surface area is 289 Å². The maximum atomic E-state index is 17.0. The van der Waals surface area contributed by atoms with E-state index in [4.69, 9.17) is 25.6 Å². The molecule has 10 nitrogen and oxygen atoms in total. The highest BCUT2D eigenvalue weighted by atomic mass is 19.1. The first-order valence-electron chi connectivity index (χ1n) is 17.4. The molecule has 0 spiro atoms. The van der Waals surface area contributed by atoms with E-state index in [0.717, 1.165) is 58.4 Å². The summed E-state index contributed by atoms with van der Waals surface area (Å²) in [5, 5.41) is 22.6. The molecule has 2 aromatic carbocycles. The lowest BCUT2D eigenvalue weighted by atomic mass is 9.75. The molecule has 0 unspecified atom stereocenters. The quantitative estimate of drug-likeness (QED) is 0.256. The van der Waals surface area contributed by atoms with Gasteiger partial charge in [0.25, 0.3) is 0 Å². The molecule has 1 saturated carbocycles. The lowest BCUT2D eigenvalue weighted by molar-refractivity contribution is -0.0731. The molecule has 2 N–H and O–H groups in total. The zero-order valence-corrected chi connectivity index (χ0v) is 28.1. The van der Waals surface area contributed by atoms with Gasteiger partial charge in [-0.3, -0.25) is 9.88 Å². The Hall–Kier alpha value is -4.15. The molecule has 0 radical (unpaired) electrons. The van der Waals surface area contributed by atoms with Crippen LogP contribution in [0.25, 0.3) is 32.9 Å². The van der Waals surface area contributed by atoms with Crippen molar-refractivity contribution in [2.75, 3.05) is 64.1 Å². The number of aromatic hydroxyl groups is 1. The third-order valence-electron chi connectivity index (χ3n) is 11.0. The number of fused-ring (bicyclic) bond motifs is 3. The number of phenols is 1. The molecule has 3 atom stereocenters. The topological polar surface area (TPSA) is 113 Å². The van der Waals surface area contributed by atoms with E-state index in [1.165, 1.54) is 30.5 Å². The molecule has 3 aliphatic heterocycles. The lowest BCUT2D eigenvalue weighted by Gasteiger charge is -2.48. The summed E-state index contributed by atoms with van der Waals surface area (Å²) in [4.78, 5) is 18.4. The molecule has 1 aliphatic carbocycles. The van der Waals surface area contributed by atoms with Gasteiger partial charge in [-0.1, -0.05) is 18.4 Å². The Bertz CT molecular complexity index is 2000. The van der Waals surface area contributed by atoms with E-state index in [0.29, 0.717) is 48.3 Å². The number of β-amino-alcohol motifs (C(OH)–C–C–N with tert-alkyl or cyclic N) is 1. The van der Waals surface area contributed by atoms with Gasteiger partial charge in [0.15, 0.2) is 5.82 Å². The van der Waals surface area contributed by atoms with Crippen LogP contribution in [-0.4, -0.2) is 101 Å². The second kappa shape index (κ2) is 12.9. The summed E-state index contributed by atoms with van der Waals surface area (Å²) in [6.45, 7) is 6.82. The molecule has 0 amide bonds. The molecular formula is C38H41F2N5O5. The second-order valence-corrected chi connectivity index (χ2v) is 14.7. The molecule has 8 rings (SSSR count). The van der Waals surface area contributed by atoms with Crippen molar-refractivity contribution in [2.24, 2.45) is 11.3 Å². The zero-order valence-electron chi connectivity index (χ0n) is 28.1. The van der Waals surface area contributed by atoms with Crippen LogP contribution in [0, 0.1) is 35.3 Å². The standard InChI is InChI=1S/C38H41F2N5O5/c1-3-26-29(39)8-7-24-14-25(46)15-27(31(24)26)33-32(40)34-28(16-41-33)35(45-12-13-48-21-37(2,47)20-45)43-36(42-34)50-22-38-9-4-6-30(38)44(11-5-10-38)17-23-18-49-19-23/h1,7-8,14-16,23,30,46-47H,4-6,9-13,17-22H2,2H3/t30-,37+,38-/m1/s1. The molecule has 3 saturated heterocycles. The maximum Gasteiger partial charge on any atom is 0.319 e. The van der Waals surface area contributed by atoms with Crippen molar-refractivity contribution in [3.63, 3.8) is 0 Å². The average Bonchev–Trinajstić information content (AvgIpc) is 3.43. The fourth-order valence-electron chi connectivity index (χ4n) is 8.61. The van der Waals surface area contributed by atoms with Crippen LogP contribution in [-0.2, 0) is 9.47 Å². The van der Waals surface area contributed by atoms with E-state index in [9.17, 15) is 14.6 Å². The van der Waals surface area contributed by atoms with Crippen LogP contribution < -0.4 is 9.64 Å². The van der Waals surface area contributed by atoms with Gasteiger partial charge in [0.05, 0.1) is 50.5 Å². The van der Waals surface area contributed by atoms with Gasteiger partial charge in [0, 0.05) is 47.6 Å². The Kier molecular flexibility index (Phi) is 8.50. The van der Waals surface area contributed by atoms with E-state index in [2.05, 4.69) is 20.8 Å². The summed E-state index contributed by atoms with van der Waals surface area (Å²) in [5.41, 5.74) is -1.39. The minimum atomic E-state index is -1.19. The molecule has 50 heavy (non-hydrogen) atoms. The number of aliphatic hydroxyl groups is 1. The first kappa shape index (κ1) is 33.0. The third-order valence-corrected chi connectivity index (χ3v) is 11.0. The van der Waals surface area contributed by atoms with Crippen molar-refractivity contribution in [1.82, 2.24) is 19.9 Å². The summed E-state index contributed by atoms with van der Waals surface area (Å²) >= 11 is 0. The summed E-state index contributed by atoms with van der Waals surface area (Å²) in [7, 11) is 0. The van der Waals surface area contributed by atoms with Crippen LogP contribution in [0.15, 0.2) is 30.5 Å². The minimum absolute atomic E-state index is 0.0222. The van der Waals surface area contributed by atoms with Gasteiger partial charge in [-0.2, -0.15) is 9.97 Å². The van der Waals surface area contributed by atoms with E-state index in [1.807, 2.05) is 4.90 Å². The Morgan fingerprint density at radius 2 is 1.96 bits per heavy atom. The molecule has 12 heteroatoms. The Morgan fingerprint density at radius 3 is 2.76 bits per heavy atom. The van der Waals surface area contributed by atoms with Crippen molar-refractivity contribution in [3.05, 3.63) is 47.7 Å². The minimum Gasteiger partial charge on any atom is -0.508 e. The fourth-order valence-corrected chi connectivity index (χ4v) is 8.61. The fraction of sp³-hybridized carbons (Fsp3) is 0.500. The molecule has 5 heterocycles. The average molecular weight is 686 g/mol. The molecule has 4 aromatic rings. The number of halogens is 2. The number of hydrogen-bond acceptors (Lipinski definition) is 10. The number of phenolic OH excluding ortho intramolecular Hbond substituents is 1. The van der Waals surface area contributed by atoms with E-state index < -0.39 is 17.2 Å². The summed E-state index contributed by atoms with van der Waals surface area (Å²) in [5.74, 6) is 1.72. The smallest absolute Gasteiger partial charge is 0.319 e. The van der Waals surface area contributed by atoms with Gasteiger partial charge in [0.2, 0.25) is 0 Å². The monoisotopic (exact) mass is 685 g/mol. The van der Waals surface area contributed by atoms with Gasteiger partial charge in [-0.25, -0.2) is 8.78 Å². The van der Waals surface area contributed by atoms with Crippen LogP contribution in [0.5, 0.6) is 11.8 Å². The van der Waals surface area contributed by atoms with Gasteiger partial charge in [-0.05, 0) is 62.7 Å². The van der Waals surface area contributed by atoms with E-state index in [-0.39, 0.29) is 58.1 Å². The van der Waals surface area contributed by atoms with Crippen molar-refractivity contribution >= 4 is 27.5 Å². The predicted molar refractivity (Wildman–Crippen MR) is 184 cm³/mol. The number of benzene rings is 2. The summed E-state index contributed by atoms with van der Waals surface area (Å²) < 4.78 is 49.5. The van der Waals surface area contributed by atoms with E-state index in [1.54, 1.807) is 6.92 Å². The number of pyridine rings is 1. The number of aromatic nitrogens is 3. The summed E-state index contributed by atoms with van der Waals surface area (Å²) in [6.07, 6.45) is 12.5. The van der Waals surface area contributed by atoms with Crippen molar-refractivity contribution < 1.29 is 33.2 Å². The predicted octanol–water partition coefficient (Wildman–Crippen LogP) is 5.06. The second-order valence-electron chi connectivity index (χ2n) is 14.7. The lowest BCUT2D eigenvalue weighted by Crippen LogP contribution is -2.54. The third kappa shape index (κ3) is 5.90. The van der Waals surface area contributed by atoms with Crippen LogP contribution in [0.2, 0.25) is 0 Å². The molecular weight excluding hydrogens is 644 g/mol. The van der Waals surface area contributed by atoms with E-state index >= 15 is 4.39 Å². The van der Waals surface area contributed by atoms with Crippen molar-refractivity contribution in [2.45, 2.75) is 50.7 Å². The molecule has 0 bridgehead atoms. The SMILES string of the molecule is C#Cc1c(F)ccc2cc(O)cc(-c3ncc4c(N5CCOC[C@@](C)(O)C5)nc(OC[C@]56CCC[C@H]5N(CC5COC5)CCC6)nc4c3F)c12. The number of anilines is 1. The number of ether oxygens (including phenoxy) is 3. The maximum absolute atomic E-state index is 17.0. The number of terminal acetylenes is 1. The number of rotatable bonds is 7. The number of nitrogens with zero attached hydrogens (tertiary/aromatic N) is 5. The number of piperidine rings is 1. The summed E-state index contributed by atoms with van der Waals surface area (Å²) in [6, 6.07) is 5.87. The van der Waals surface area contributed by atoms with Crippen LogP contribution in [0.3, 0.4) is 0 Å². The zero-order chi connectivity index (χ0) is 34.6. The highest BCUT2D eigenvalue weighted by Gasteiger charge is 2.49. The Balaban J connectivity index is 1.23. The van der Waals surface area contributed by atoms with Crippen LogP contribution in [0.4, 0.5) is 14.6 Å². The number of likely N-dealkylation sites (tertiary alicyclic amines) is 1. The van der Waals surface area contributed by atoms with Gasteiger partial charge < -0.3 is 29.3 Å². The van der Waals surface area contributed by atoms with Gasteiger partial charge >= 0.3 is 6.01 Å². The Morgan fingerprint density at radius 1 is 1.12 bits per heavy atom. The van der Waals surface area contributed by atoms with Crippen LogP contribution >= 0.6 is 0 Å².